The van der Waals surface area contributed by atoms with Gasteiger partial charge in [0.1, 0.15) is 0 Å². The third kappa shape index (κ3) is 4.86. The first-order valence-corrected chi connectivity index (χ1v) is 8.95. The maximum Gasteiger partial charge on any atom is 0.273 e. The molecule has 0 aromatic heterocycles. The van der Waals surface area contributed by atoms with Gasteiger partial charge in [0.25, 0.3) is 7.52 Å². The number of hydrogen-bond acceptors (Lipinski definition) is 3. The van der Waals surface area contributed by atoms with Crippen LogP contribution >= 0.6 is 7.52 Å². The van der Waals surface area contributed by atoms with E-state index in [1.807, 2.05) is 27.9 Å². The Kier molecular flexibility index (Phi) is 5.28. The molecule has 0 aliphatic carbocycles. The molecule has 1 atom stereocenters. The highest BCUT2D eigenvalue weighted by Gasteiger charge is 2.46. The maximum absolute atomic E-state index is 13.3. The highest BCUT2D eigenvalue weighted by Crippen LogP contribution is 2.60. The lowest BCUT2D eigenvalue weighted by Crippen LogP contribution is -2.48. The first kappa shape index (κ1) is 17.2. The average Bonchev–Trinajstić information content (AvgIpc) is 2.11. The fourth-order valence-corrected chi connectivity index (χ4v) is 5.71. The molecule has 0 spiro atoms. The molecule has 1 rings (SSSR count). The topological polar surface area (TPSA) is 32.8 Å². The fraction of sp³-hybridized carbons (Fsp3) is 1.00. The third-order valence-electron chi connectivity index (χ3n) is 3.50. The summed E-state index contributed by atoms with van der Waals surface area (Å²) in [5, 5.41) is 0. The Hall–Kier alpha value is 0.110. The predicted octanol–water partition coefficient (Wildman–Crippen LogP) is 3.43. The van der Waals surface area contributed by atoms with E-state index in [2.05, 4.69) is 30.3 Å². The smallest absolute Gasteiger partial charge is 0.273 e. The summed E-state index contributed by atoms with van der Waals surface area (Å²) in [7, 11) is 1.37. The summed E-state index contributed by atoms with van der Waals surface area (Å²) in [6.07, 6.45) is 2.49. The van der Waals surface area contributed by atoms with Crippen LogP contribution in [0, 0.1) is 0 Å². The minimum atomic E-state index is -2.72. The molecular formula is C14H31N2O2P. The lowest BCUT2D eigenvalue weighted by Gasteiger charge is -2.48. The van der Waals surface area contributed by atoms with Gasteiger partial charge < -0.3 is 9.42 Å². The molecule has 0 unspecified atom stereocenters. The Bertz CT molecular complexity index is 348. The van der Waals surface area contributed by atoms with Crippen molar-refractivity contribution in [2.24, 2.45) is 0 Å². The molecule has 0 bridgehead atoms. The highest BCUT2D eigenvalue weighted by atomic mass is 31.2. The van der Waals surface area contributed by atoms with E-state index < -0.39 is 7.52 Å². The van der Waals surface area contributed by atoms with Crippen LogP contribution in [-0.4, -0.2) is 54.1 Å². The van der Waals surface area contributed by atoms with Crippen molar-refractivity contribution in [1.82, 2.24) is 9.57 Å². The zero-order valence-corrected chi connectivity index (χ0v) is 14.6. The van der Waals surface area contributed by atoms with E-state index in [1.165, 1.54) is 0 Å². The first-order chi connectivity index (χ1) is 8.46. The van der Waals surface area contributed by atoms with Crippen LogP contribution in [0.3, 0.4) is 0 Å². The van der Waals surface area contributed by atoms with Crippen LogP contribution in [-0.2, 0) is 9.09 Å². The van der Waals surface area contributed by atoms with E-state index in [1.54, 1.807) is 0 Å². The number of rotatable bonds is 4. The van der Waals surface area contributed by atoms with Crippen LogP contribution < -0.4 is 0 Å². The summed E-state index contributed by atoms with van der Waals surface area (Å²) < 4.78 is 21.4. The monoisotopic (exact) mass is 290 g/mol. The van der Waals surface area contributed by atoms with E-state index in [4.69, 9.17) is 4.52 Å². The van der Waals surface area contributed by atoms with Crippen molar-refractivity contribution < 1.29 is 9.09 Å². The molecule has 1 aliphatic rings. The molecule has 5 heteroatoms. The first-order valence-electron chi connectivity index (χ1n) is 7.19. The molecule has 0 radical (unpaired) electrons. The minimum absolute atomic E-state index is 0.107. The Morgan fingerprint density at radius 3 is 2.37 bits per heavy atom. The van der Waals surface area contributed by atoms with Crippen molar-refractivity contribution >= 4 is 7.52 Å². The van der Waals surface area contributed by atoms with Gasteiger partial charge in [-0.25, -0.2) is 4.67 Å². The Morgan fingerprint density at radius 1 is 1.32 bits per heavy atom. The van der Waals surface area contributed by atoms with Crippen LogP contribution in [0.1, 0.15) is 47.5 Å². The second-order valence-corrected chi connectivity index (χ2v) is 9.80. The molecule has 0 aromatic carbocycles. The molecular weight excluding hydrogens is 259 g/mol. The molecule has 1 saturated heterocycles. The lowest BCUT2D eigenvalue weighted by atomic mass is 10.0. The summed E-state index contributed by atoms with van der Waals surface area (Å²) in [4.78, 5) is 2.13. The predicted molar refractivity (Wildman–Crippen MR) is 81.9 cm³/mol. The summed E-state index contributed by atoms with van der Waals surface area (Å²) >= 11 is 0. The van der Waals surface area contributed by atoms with E-state index in [-0.39, 0.29) is 11.1 Å². The molecule has 1 fully saturated rings. The number of hydrogen-bond donors (Lipinski definition) is 0. The van der Waals surface area contributed by atoms with Crippen LogP contribution in [0.5, 0.6) is 0 Å². The van der Waals surface area contributed by atoms with E-state index in [0.29, 0.717) is 6.16 Å². The summed E-state index contributed by atoms with van der Waals surface area (Å²) in [6, 6.07) is 0. The van der Waals surface area contributed by atoms with Gasteiger partial charge in [0, 0.05) is 18.2 Å². The van der Waals surface area contributed by atoms with Gasteiger partial charge in [-0.2, -0.15) is 0 Å². The van der Waals surface area contributed by atoms with Crippen molar-refractivity contribution in [3.8, 4) is 0 Å². The van der Waals surface area contributed by atoms with Gasteiger partial charge in [0.15, 0.2) is 0 Å². The quantitative estimate of drug-likeness (QED) is 0.743. The zero-order chi connectivity index (χ0) is 14.9. The van der Waals surface area contributed by atoms with Gasteiger partial charge in [0.2, 0.25) is 0 Å². The summed E-state index contributed by atoms with van der Waals surface area (Å²) in [5.41, 5.74) is -0.375. The summed E-state index contributed by atoms with van der Waals surface area (Å²) in [6.45, 7) is 12.3. The Labute approximate surface area is 119 Å². The van der Waals surface area contributed by atoms with E-state index in [9.17, 15) is 4.57 Å². The number of nitrogens with zero attached hydrogens (tertiary/aromatic N) is 2. The SMILES string of the molecule is CN(C)CCC[P@@]1(=O)OC(C)(C)CCN1C(C)(C)C. The molecule has 0 amide bonds. The normalized spacial score (nSPS) is 28.8. The lowest BCUT2D eigenvalue weighted by molar-refractivity contribution is 0.0310. The molecule has 0 saturated carbocycles. The van der Waals surface area contributed by atoms with Crippen LogP contribution in [0.2, 0.25) is 0 Å². The molecule has 0 aromatic rings. The van der Waals surface area contributed by atoms with Crippen LogP contribution in [0.15, 0.2) is 0 Å². The second-order valence-electron chi connectivity index (χ2n) is 7.41. The minimum Gasteiger partial charge on any atom is -0.311 e. The molecule has 1 aliphatic heterocycles. The van der Waals surface area contributed by atoms with Crippen molar-refractivity contribution in [3.63, 3.8) is 0 Å². The zero-order valence-electron chi connectivity index (χ0n) is 13.7. The fourth-order valence-electron chi connectivity index (χ4n) is 2.55. The van der Waals surface area contributed by atoms with Crippen molar-refractivity contribution in [2.75, 3.05) is 33.3 Å². The molecule has 0 N–H and O–H groups in total. The maximum atomic E-state index is 13.3. The highest BCUT2D eigenvalue weighted by molar-refractivity contribution is 7.56. The van der Waals surface area contributed by atoms with Gasteiger partial charge in [-0.15, -0.1) is 0 Å². The van der Waals surface area contributed by atoms with E-state index >= 15 is 0 Å². The van der Waals surface area contributed by atoms with E-state index in [0.717, 1.165) is 25.9 Å². The van der Waals surface area contributed by atoms with Gasteiger partial charge in [0.05, 0.1) is 5.60 Å². The standard InChI is InChI=1S/C14H31N2O2P/c1-13(2,3)16-11-9-14(4,5)18-19(16,17)12-8-10-15(6)7/h8-12H2,1-7H3/t19-/m1/s1. The van der Waals surface area contributed by atoms with Crippen LogP contribution in [0.25, 0.3) is 0 Å². The second kappa shape index (κ2) is 5.85. The van der Waals surface area contributed by atoms with Gasteiger partial charge in [-0.3, -0.25) is 4.57 Å². The molecule has 1 heterocycles. The Balaban J connectivity index is 2.84. The van der Waals surface area contributed by atoms with Crippen molar-refractivity contribution in [3.05, 3.63) is 0 Å². The van der Waals surface area contributed by atoms with Crippen molar-refractivity contribution in [1.29, 1.82) is 0 Å². The van der Waals surface area contributed by atoms with Gasteiger partial charge >= 0.3 is 0 Å². The third-order valence-corrected chi connectivity index (χ3v) is 6.70. The Morgan fingerprint density at radius 2 is 1.89 bits per heavy atom. The van der Waals surface area contributed by atoms with Gasteiger partial charge in [-0.05, 0) is 68.1 Å². The molecule has 4 nitrogen and oxygen atoms in total. The average molecular weight is 290 g/mol. The summed E-state index contributed by atoms with van der Waals surface area (Å²) in [5.74, 6) is 0. The van der Waals surface area contributed by atoms with Crippen molar-refractivity contribution in [2.45, 2.75) is 58.6 Å². The van der Waals surface area contributed by atoms with Gasteiger partial charge in [-0.1, -0.05) is 0 Å². The molecule has 114 valence electrons. The largest absolute Gasteiger partial charge is 0.311 e. The van der Waals surface area contributed by atoms with Crippen LogP contribution in [0.4, 0.5) is 0 Å². The molecule has 19 heavy (non-hydrogen) atoms.